The first-order valence-electron chi connectivity index (χ1n) is 9.59. The SMILES string of the molecule is CN(C)CC(c1ccc(Cl)cc1)N1CCN(c2ncnc3c2CCN3)CC1. The Morgan fingerprint density at radius 1 is 1.11 bits per heavy atom. The van der Waals surface area contributed by atoms with Crippen LogP contribution in [0.15, 0.2) is 30.6 Å². The lowest BCUT2D eigenvalue weighted by Crippen LogP contribution is -2.49. The van der Waals surface area contributed by atoms with Crippen molar-refractivity contribution in [3.8, 4) is 0 Å². The van der Waals surface area contributed by atoms with Gasteiger partial charge in [-0.1, -0.05) is 23.7 Å². The molecule has 0 amide bonds. The normalized spacial score (nSPS) is 18.4. The number of fused-ring (bicyclic) bond motifs is 1. The molecule has 1 unspecified atom stereocenters. The van der Waals surface area contributed by atoms with Gasteiger partial charge in [0, 0.05) is 55.9 Å². The lowest BCUT2D eigenvalue weighted by Gasteiger charge is -2.41. The minimum atomic E-state index is 0.372. The van der Waals surface area contributed by atoms with Gasteiger partial charge in [0.05, 0.1) is 0 Å². The van der Waals surface area contributed by atoms with E-state index in [1.807, 2.05) is 12.1 Å². The van der Waals surface area contributed by atoms with Crippen molar-refractivity contribution in [2.45, 2.75) is 12.5 Å². The first kappa shape index (κ1) is 18.5. The smallest absolute Gasteiger partial charge is 0.137 e. The van der Waals surface area contributed by atoms with Gasteiger partial charge in [-0.2, -0.15) is 0 Å². The molecule has 0 radical (unpaired) electrons. The van der Waals surface area contributed by atoms with Crippen LogP contribution >= 0.6 is 11.6 Å². The molecule has 0 bridgehead atoms. The van der Waals surface area contributed by atoms with Crippen molar-refractivity contribution in [1.82, 2.24) is 19.8 Å². The van der Waals surface area contributed by atoms with Crippen molar-refractivity contribution in [3.05, 3.63) is 46.7 Å². The predicted molar refractivity (Wildman–Crippen MR) is 111 cm³/mol. The number of benzene rings is 1. The van der Waals surface area contributed by atoms with Gasteiger partial charge in [0.25, 0.3) is 0 Å². The fraction of sp³-hybridized carbons (Fsp3) is 0.500. The number of likely N-dealkylation sites (N-methyl/N-ethyl adjacent to an activating group) is 1. The molecule has 1 N–H and O–H groups in total. The molecule has 0 aliphatic carbocycles. The molecule has 2 aromatic rings. The molecule has 7 heteroatoms. The summed E-state index contributed by atoms with van der Waals surface area (Å²) < 4.78 is 0. The number of rotatable bonds is 5. The monoisotopic (exact) mass is 386 g/mol. The van der Waals surface area contributed by atoms with Crippen molar-refractivity contribution in [2.24, 2.45) is 0 Å². The van der Waals surface area contributed by atoms with Gasteiger partial charge in [0.2, 0.25) is 0 Å². The van der Waals surface area contributed by atoms with Gasteiger partial charge in [-0.25, -0.2) is 9.97 Å². The van der Waals surface area contributed by atoms with E-state index in [1.54, 1.807) is 6.33 Å². The summed E-state index contributed by atoms with van der Waals surface area (Å²) >= 11 is 6.09. The third-order valence-corrected chi connectivity index (χ3v) is 5.69. The zero-order chi connectivity index (χ0) is 18.8. The van der Waals surface area contributed by atoms with Crippen molar-refractivity contribution in [1.29, 1.82) is 0 Å². The van der Waals surface area contributed by atoms with Crippen LogP contribution in [0.3, 0.4) is 0 Å². The van der Waals surface area contributed by atoms with Gasteiger partial charge >= 0.3 is 0 Å². The number of hydrogen-bond acceptors (Lipinski definition) is 6. The molecule has 6 nitrogen and oxygen atoms in total. The van der Waals surface area contributed by atoms with Crippen LogP contribution in [-0.2, 0) is 6.42 Å². The first-order chi connectivity index (χ1) is 13.1. The lowest BCUT2D eigenvalue weighted by molar-refractivity contribution is 0.153. The molecule has 144 valence electrons. The van der Waals surface area contributed by atoms with E-state index in [4.69, 9.17) is 11.6 Å². The first-order valence-corrected chi connectivity index (χ1v) is 9.96. The van der Waals surface area contributed by atoms with E-state index in [2.05, 4.69) is 56.2 Å². The fourth-order valence-corrected chi connectivity index (χ4v) is 4.20. The summed E-state index contributed by atoms with van der Waals surface area (Å²) in [6.07, 6.45) is 2.70. The Balaban J connectivity index is 1.48. The summed E-state index contributed by atoms with van der Waals surface area (Å²) in [5.74, 6) is 2.12. The second-order valence-corrected chi connectivity index (χ2v) is 7.99. The molecular formula is C20H27ClN6. The zero-order valence-electron chi connectivity index (χ0n) is 16.0. The molecule has 1 saturated heterocycles. The number of anilines is 2. The Morgan fingerprint density at radius 2 is 1.85 bits per heavy atom. The van der Waals surface area contributed by atoms with Crippen molar-refractivity contribution in [2.75, 3.05) is 63.6 Å². The maximum atomic E-state index is 6.09. The van der Waals surface area contributed by atoms with Gasteiger partial charge in [-0.05, 0) is 38.2 Å². The van der Waals surface area contributed by atoms with Crippen LogP contribution in [0.1, 0.15) is 17.2 Å². The second kappa shape index (κ2) is 8.00. The van der Waals surface area contributed by atoms with E-state index >= 15 is 0 Å². The molecule has 0 spiro atoms. The number of nitrogens with one attached hydrogen (secondary N) is 1. The Bertz CT molecular complexity index is 771. The van der Waals surface area contributed by atoms with E-state index in [0.717, 1.165) is 62.3 Å². The number of aromatic nitrogens is 2. The topological polar surface area (TPSA) is 47.5 Å². The highest BCUT2D eigenvalue weighted by Crippen LogP contribution is 2.30. The largest absolute Gasteiger partial charge is 0.369 e. The van der Waals surface area contributed by atoms with Gasteiger partial charge < -0.3 is 15.1 Å². The highest BCUT2D eigenvalue weighted by molar-refractivity contribution is 6.30. The van der Waals surface area contributed by atoms with Crippen LogP contribution in [-0.4, -0.2) is 73.1 Å². The molecule has 4 rings (SSSR count). The zero-order valence-corrected chi connectivity index (χ0v) is 16.8. The van der Waals surface area contributed by atoms with Gasteiger partial charge in [0.15, 0.2) is 0 Å². The molecule has 1 fully saturated rings. The summed E-state index contributed by atoms with van der Waals surface area (Å²) in [5, 5.41) is 4.14. The molecule has 1 aromatic heterocycles. The van der Waals surface area contributed by atoms with E-state index in [0.29, 0.717) is 6.04 Å². The summed E-state index contributed by atoms with van der Waals surface area (Å²) in [6, 6.07) is 8.68. The maximum Gasteiger partial charge on any atom is 0.137 e. The van der Waals surface area contributed by atoms with Gasteiger partial charge in [-0.15, -0.1) is 0 Å². The minimum absolute atomic E-state index is 0.372. The molecule has 27 heavy (non-hydrogen) atoms. The summed E-state index contributed by atoms with van der Waals surface area (Å²) in [6.45, 7) is 5.97. The molecule has 2 aliphatic heterocycles. The highest BCUT2D eigenvalue weighted by Gasteiger charge is 2.28. The number of piperazine rings is 1. The Labute approximate surface area is 166 Å². The second-order valence-electron chi connectivity index (χ2n) is 7.55. The minimum Gasteiger partial charge on any atom is -0.369 e. The molecule has 1 atom stereocenters. The van der Waals surface area contributed by atoms with E-state index in [-0.39, 0.29) is 0 Å². The van der Waals surface area contributed by atoms with E-state index < -0.39 is 0 Å². The Hall–Kier alpha value is -1.89. The molecule has 0 saturated carbocycles. The summed E-state index contributed by atoms with van der Waals surface area (Å²) in [7, 11) is 4.27. The average Bonchev–Trinajstić information content (AvgIpc) is 3.16. The van der Waals surface area contributed by atoms with E-state index in [1.165, 1.54) is 11.1 Å². The molecule has 2 aliphatic rings. The standard InChI is InChI=1S/C20H27ClN6/c1-25(2)13-18(15-3-5-16(21)6-4-15)26-9-11-27(12-10-26)20-17-7-8-22-19(17)23-14-24-20/h3-6,14,18H,7-13H2,1-2H3,(H,22,23,24). The summed E-state index contributed by atoms with van der Waals surface area (Å²) in [5.41, 5.74) is 2.60. The number of nitrogens with zero attached hydrogens (tertiary/aromatic N) is 5. The Morgan fingerprint density at radius 3 is 2.56 bits per heavy atom. The third kappa shape index (κ3) is 4.03. The van der Waals surface area contributed by atoms with Gasteiger partial charge in [0.1, 0.15) is 18.0 Å². The molecular weight excluding hydrogens is 360 g/mol. The summed E-state index contributed by atoms with van der Waals surface area (Å²) in [4.78, 5) is 16.2. The number of hydrogen-bond donors (Lipinski definition) is 1. The van der Waals surface area contributed by atoms with Crippen LogP contribution in [0.5, 0.6) is 0 Å². The van der Waals surface area contributed by atoms with Crippen LogP contribution in [0.2, 0.25) is 5.02 Å². The predicted octanol–water partition coefficient (Wildman–Crippen LogP) is 2.52. The van der Waals surface area contributed by atoms with Crippen molar-refractivity contribution in [3.63, 3.8) is 0 Å². The average molecular weight is 387 g/mol. The van der Waals surface area contributed by atoms with E-state index in [9.17, 15) is 0 Å². The quantitative estimate of drug-likeness (QED) is 0.852. The van der Waals surface area contributed by atoms with Crippen LogP contribution in [0.25, 0.3) is 0 Å². The van der Waals surface area contributed by atoms with Crippen molar-refractivity contribution < 1.29 is 0 Å². The van der Waals surface area contributed by atoms with Crippen LogP contribution in [0, 0.1) is 0 Å². The van der Waals surface area contributed by atoms with Crippen LogP contribution in [0.4, 0.5) is 11.6 Å². The Kier molecular flexibility index (Phi) is 5.48. The van der Waals surface area contributed by atoms with Crippen molar-refractivity contribution >= 4 is 23.2 Å². The highest BCUT2D eigenvalue weighted by atomic mass is 35.5. The lowest BCUT2D eigenvalue weighted by atomic mass is 10.0. The molecule has 3 heterocycles. The fourth-order valence-electron chi connectivity index (χ4n) is 4.07. The molecule has 1 aromatic carbocycles. The van der Waals surface area contributed by atoms with Crippen LogP contribution < -0.4 is 10.2 Å². The number of halogens is 1. The maximum absolute atomic E-state index is 6.09. The van der Waals surface area contributed by atoms with Gasteiger partial charge in [-0.3, -0.25) is 4.90 Å². The third-order valence-electron chi connectivity index (χ3n) is 5.44.